The van der Waals surface area contributed by atoms with Crippen LogP contribution in [0.4, 0.5) is 5.69 Å². The zero-order valence-electron chi connectivity index (χ0n) is 16.5. The molecule has 2 aromatic carbocycles. The summed E-state index contributed by atoms with van der Waals surface area (Å²) in [4.78, 5) is 16.5. The smallest absolute Gasteiger partial charge is 0.338 e. The molecule has 3 rings (SSSR count). The summed E-state index contributed by atoms with van der Waals surface area (Å²) >= 11 is 1.43. The second-order valence-corrected chi connectivity index (χ2v) is 7.61. The zero-order chi connectivity index (χ0) is 20.8. The number of anilines is 1. The van der Waals surface area contributed by atoms with Crippen molar-refractivity contribution in [2.75, 3.05) is 5.32 Å². The van der Waals surface area contributed by atoms with Gasteiger partial charge < -0.3 is 10.1 Å². The molecule has 0 aliphatic heterocycles. The highest BCUT2D eigenvalue weighted by Crippen LogP contribution is 2.26. The predicted molar refractivity (Wildman–Crippen MR) is 116 cm³/mol. The van der Waals surface area contributed by atoms with Crippen molar-refractivity contribution in [3.05, 3.63) is 76.2 Å². The molecule has 0 amide bonds. The van der Waals surface area contributed by atoms with Crippen LogP contribution >= 0.6 is 11.3 Å². The molecule has 0 radical (unpaired) electrons. The lowest BCUT2D eigenvalue weighted by Crippen LogP contribution is -2.11. The second-order valence-electron chi connectivity index (χ2n) is 6.75. The Morgan fingerprint density at radius 3 is 2.48 bits per heavy atom. The number of carbonyl (C=O) groups excluding carboxylic acids is 1. The van der Waals surface area contributed by atoms with Gasteiger partial charge in [-0.05, 0) is 45.0 Å². The molecule has 0 aliphatic rings. The fraction of sp³-hybridized carbons (Fsp3) is 0.174. The van der Waals surface area contributed by atoms with Crippen LogP contribution in [0.15, 0.2) is 60.1 Å². The number of allylic oxidation sites excluding steroid dienone is 1. The van der Waals surface area contributed by atoms with Gasteiger partial charge in [0.25, 0.3) is 0 Å². The number of esters is 1. The number of nitrogens with zero attached hydrogens (tertiary/aromatic N) is 2. The Hall–Kier alpha value is -3.43. The maximum absolute atomic E-state index is 11.9. The quantitative estimate of drug-likeness (QED) is 0.424. The SMILES string of the molecule is Cc1ccc(-c2csc(C(C#N)=CNc3ccc(C(=O)OC(C)C)cc3)n2)cc1. The van der Waals surface area contributed by atoms with Crippen molar-refractivity contribution >= 4 is 28.6 Å². The molecule has 5 nitrogen and oxygen atoms in total. The number of hydrogen-bond acceptors (Lipinski definition) is 6. The molecule has 0 bridgehead atoms. The highest BCUT2D eigenvalue weighted by atomic mass is 32.1. The lowest BCUT2D eigenvalue weighted by atomic mass is 10.1. The van der Waals surface area contributed by atoms with Crippen molar-refractivity contribution in [1.82, 2.24) is 4.98 Å². The van der Waals surface area contributed by atoms with Gasteiger partial charge >= 0.3 is 5.97 Å². The Morgan fingerprint density at radius 1 is 1.17 bits per heavy atom. The molecule has 1 heterocycles. The third kappa shape index (κ3) is 5.31. The minimum Gasteiger partial charge on any atom is -0.459 e. The van der Waals surface area contributed by atoms with Gasteiger partial charge in [-0.1, -0.05) is 29.8 Å². The summed E-state index contributed by atoms with van der Waals surface area (Å²) in [6, 6.07) is 17.2. The summed E-state index contributed by atoms with van der Waals surface area (Å²) in [5.41, 5.74) is 4.74. The van der Waals surface area contributed by atoms with E-state index >= 15 is 0 Å². The van der Waals surface area contributed by atoms with E-state index in [0.717, 1.165) is 16.9 Å². The normalized spacial score (nSPS) is 11.2. The van der Waals surface area contributed by atoms with E-state index in [2.05, 4.69) is 16.4 Å². The van der Waals surface area contributed by atoms with Crippen LogP contribution in [0.1, 0.15) is 34.8 Å². The molecule has 0 saturated heterocycles. The maximum atomic E-state index is 11.9. The number of aromatic nitrogens is 1. The number of nitriles is 1. The molecular weight excluding hydrogens is 382 g/mol. The molecule has 1 aromatic heterocycles. The third-order valence-corrected chi connectivity index (χ3v) is 4.92. The van der Waals surface area contributed by atoms with Gasteiger partial charge in [0, 0.05) is 22.8 Å². The Balaban J connectivity index is 1.72. The number of aryl methyl sites for hydroxylation is 1. The topological polar surface area (TPSA) is 75.0 Å². The van der Waals surface area contributed by atoms with Crippen LogP contribution in [0.3, 0.4) is 0 Å². The first-order valence-electron chi connectivity index (χ1n) is 9.17. The summed E-state index contributed by atoms with van der Waals surface area (Å²) in [5.74, 6) is -0.355. The number of ether oxygens (including phenoxy) is 1. The molecular formula is C23H21N3O2S. The van der Waals surface area contributed by atoms with Crippen molar-refractivity contribution in [3.63, 3.8) is 0 Å². The number of thiazole rings is 1. The average molecular weight is 404 g/mol. The monoisotopic (exact) mass is 403 g/mol. The Labute approximate surface area is 174 Å². The molecule has 146 valence electrons. The van der Waals surface area contributed by atoms with Gasteiger partial charge in [-0.2, -0.15) is 5.26 Å². The van der Waals surface area contributed by atoms with E-state index in [1.54, 1.807) is 30.5 Å². The number of benzene rings is 2. The summed E-state index contributed by atoms with van der Waals surface area (Å²) < 4.78 is 5.17. The van der Waals surface area contributed by atoms with Crippen LogP contribution in [0.25, 0.3) is 16.8 Å². The molecule has 3 aromatic rings. The second kappa shape index (κ2) is 9.18. The number of rotatable bonds is 6. The highest BCUT2D eigenvalue weighted by molar-refractivity contribution is 7.11. The molecule has 0 atom stereocenters. The Morgan fingerprint density at radius 2 is 1.86 bits per heavy atom. The molecule has 29 heavy (non-hydrogen) atoms. The van der Waals surface area contributed by atoms with E-state index in [0.29, 0.717) is 16.1 Å². The van der Waals surface area contributed by atoms with Gasteiger partial charge in [-0.15, -0.1) is 11.3 Å². The van der Waals surface area contributed by atoms with Crippen molar-refractivity contribution in [1.29, 1.82) is 5.26 Å². The average Bonchev–Trinajstić information content (AvgIpc) is 3.19. The summed E-state index contributed by atoms with van der Waals surface area (Å²) in [6.07, 6.45) is 1.46. The van der Waals surface area contributed by atoms with E-state index < -0.39 is 0 Å². The van der Waals surface area contributed by atoms with E-state index in [-0.39, 0.29) is 12.1 Å². The van der Waals surface area contributed by atoms with Gasteiger partial charge in [-0.25, -0.2) is 9.78 Å². The van der Waals surface area contributed by atoms with Crippen LogP contribution in [0, 0.1) is 18.3 Å². The lowest BCUT2D eigenvalue weighted by Gasteiger charge is -2.08. The van der Waals surface area contributed by atoms with Gasteiger partial charge in [0.2, 0.25) is 0 Å². The fourth-order valence-electron chi connectivity index (χ4n) is 2.54. The van der Waals surface area contributed by atoms with E-state index in [9.17, 15) is 10.1 Å². The zero-order valence-corrected chi connectivity index (χ0v) is 17.3. The van der Waals surface area contributed by atoms with Gasteiger partial charge in [0.05, 0.1) is 17.4 Å². The number of carbonyl (C=O) groups is 1. The molecule has 0 spiro atoms. The number of hydrogen-bond donors (Lipinski definition) is 1. The van der Waals surface area contributed by atoms with Crippen LogP contribution in [0.2, 0.25) is 0 Å². The molecule has 0 unspecified atom stereocenters. The maximum Gasteiger partial charge on any atom is 0.338 e. The predicted octanol–water partition coefficient (Wildman–Crippen LogP) is 5.66. The molecule has 0 saturated carbocycles. The minimum atomic E-state index is -0.355. The lowest BCUT2D eigenvalue weighted by molar-refractivity contribution is 0.0378. The summed E-state index contributed by atoms with van der Waals surface area (Å²) in [7, 11) is 0. The van der Waals surface area contributed by atoms with Crippen LogP contribution < -0.4 is 5.32 Å². The van der Waals surface area contributed by atoms with Crippen LogP contribution in [-0.4, -0.2) is 17.1 Å². The van der Waals surface area contributed by atoms with Gasteiger partial charge in [0.15, 0.2) is 0 Å². The van der Waals surface area contributed by atoms with E-state index in [1.807, 2.05) is 50.4 Å². The minimum absolute atomic E-state index is 0.162. The summed E-state index contributed by atoms with van der Waals surface area (Å²) in [5, 5.41) is 15.2. The summed E-state index contributed by atoms with van der Waals surface area (Å²) in [6.45, 7) is 5.66. The standard InChI is InChI=1S/C23H21N3O2S/c1-15(2)28-23(27)18-8-10-20(11-9-18)25-13-19(12-24)22-26-21(14-29-22)17-6-4-16(3)5-7-17/h4-11,13-15,25H,1-3H3. The van der Waals surface area contributed by atoms with E-state index in [1.165, 1.54) is 16.9 Å². The Bertz CT molecular complexity index is 1060. The largest absolute Gasteiger partial charge is 0.459 e. The first-order valence-corrected chi connectivity index (χ1v) is 10.0. The molecule has 1 N–H and O–H groups in total. The van der Waals surface area contributed by atoms with Crippen molar-refractivity contribution in [3.8, 4) is 17.3 Å². The first kappa shape index (κ1) is 20.3. The van der Waals surface area contributed by atoms with Gasteiger partial charge in [0.1, 0.15) is 16.6 Å². The van der Waals surface area contributed by atoms with Crippen molar-refractivity contribution < 1.29 is 9.53 Å². The van der Waals surface area contributed by atoms with Crippen molar-refractivity contribution in [2.45, 2.75) is 26.9 Å². The third-order valence-electron chi connectivity index (χ3n) is 4.05. The van der Waals surface area contributed by atoms with Crippen LogP contribution in [-0.2, 0) is 4.74 Å². The molecule has 0 fully saturated rings. The fourth-order valence-corrected chi connectivity index (χ4v) is 3.33. The Kier molecular flexibility index (Phi) is 6.43. The molecule has 0 aliphatic carbocycles. The van der Waals surface area contributed by atoms with Crippen LogP contribution in [0.5, 0.6) is 0 Å². The number of nitrogens with one attached hydrogen (secondary N) is 1. The van der Waals surface area contributed by atoms with Crippen molar-refractivity contribution in [2.24, 2.45) is 0 Å². The molecule has 6 heteroatoms. The first-order chi connectivity index (χ1) is 14.0. The van der Waals surface area contributed by atoms with Gasteiger partial charge in [-0.3, -0.25) is 0 Å². The van der Waals surface area contributed by atoms with E-state index in [4.69, 9.17) is 4.74 Å². The highest BCUT2D eigenvalue weighted by Gasteiger charge is 2.10.